The van der Waals surface area contributed by atoms with Crippen molar-refractivity contribution in [2.75, 3.05) is 11.9 Å². The quantitative estimate of drug-likeness (QED) is 0.841. The number of anilines is 1. The Kier molecular flexibility index (Phi) is 3.49. The molecule has 1 aromatic carbocycles. The zero-order valence-electron chi connectivity index (χ0n) is 10.4. The summed E-state index contributed by atoms with van der Waals surface area (Å²) in [7, 11) is 0. The Hall–Kier alpha value is -1.02. The van der Waals surface area contributed by atoms with Gasteiger partial charge in [0.1, 0.15) is 0 Å². The second-order valence-electron chi connectivity index (χ2n) is 4.89. The Labute approximate surface area is 98.0 Å². The average Bonchev–Trinajstić information content (AvgIpc) is 2.65. The van der Waals surface area contributed by atoms with Gasteiger partial charge in [-0.3, -0.25) is 0 Å². The van der Waals surface area contributed by atoms with Gasteiger partial charge in [0.05, 0.1) is 12.1 Å². The molecule has 1 N–H and O–H groups in total. The molecule has 1 fully saturated rings. The molecule has 16 heavy (non-hydrogen) atoms. The molecule has 2 heteroatoms. The third-order valence-corrected chi connectivity index (χ3v) is 3.31. The van der Waals surface area contributed by atoms with E-state index in [0.717, 1.165) is 13.0 Å². The number of hydrogen-bond donors (Lipinski definition) is 1. The molecule has 1 aliphatic rings. The predicted octanol–water partition coefficient (Wildman–Crippen LogP) is 3.40. The SMILES string of the molecule is CC(C)c1ccc(NC2CCOC2C)cc1. The zero-order chi connectivity index (χ0) is 11.5. The van der Waals surface area contributed by atoms with Gasteiger partial charge in [-0.2, -0.15) is 0 Å². The fraction of sp³-hybridized carbons (Fsp3) is 0.571. The van der Waals surface area contributed by atoms with E-state index in [1.807, 2.05) is 0 Å². The van der Waals surface area contributed by atoms with Crippen molar-refractivity contribution >= 4 is 5.69 Å². The van der Waals surface area contributed by atoms with Gasteiger partial charge in [-0.25, -0.2) is 0 Å². The molecule has 2 atom stereocenters. The van der Waals surface area contributed by atoms with E-state index in [2.05, 4.69) is 50.4 Å². The normalized spacial score (nSPS) is 25.0. The Morgan fingerprint density at radius 2 is 1.94 bits per heavy atom. The van der Waals surface area contributed by atoms with Gasteiger partial charge in [-0.1, -0.05) is 26.0 Å². The van der Waals surface area contributed by atoms with Crippen LogP contribution in [0.4, 0.5) is 5.69 Å². The standard InChI is InChI=1S/C14H21NO/c1-10(2)12-4-6-13(7-5-12)15-14-8-9-16-11(14)3/h4-7,10-11,14-15H,8-9H2,1-3H3. The van der Waals surface area contributed by atoms with Gasteiger partial charge in [0.15, 0.2) is 0 Å². The summed E-state index contributed by atoms with van der Waals surface area (Å²) in [5, 5.41) is 3.53. The van der Waals surface area contributed by atoms with Crippen LogP contribution in [0.1, 0.15) is 38.7 Å². The summed E-state index contributed by atoms with van der Waals surface area (Å²) in [6.07, 6.45) is 1.43. The molecule has 0 aliphatic carbocycles. The topological polar surface area (TPSA) is 21.3 Å². The van der Waals surface area contributed by atoms with E-state index < -0.39 is 0 Å². The lowest BCUT2D eigenvalue weighted by atomic mass is 10.0. The van der Waals surface area contributed by atoms with Gasteiger partial charge in [0, 0.05) is 12.3 Å². The molecule has 2 nitrogen and oxygen atoms in total. The monoisotopic (exact) mass is 219 g/mol. The first-order valence-corrected chi connectivity index (χ1v) is 6.15. The van der Waals surface area contributed by atoms with E-state index in [4.69, 9.17) is 4.74 Å². The summed E-state index contributed by atoms with van der Waals surface area (Å²) >= 11 is 0. The van der Waals surface area contributed by atoms with Crippen molar-refractivity contribution in [3.63, 3.8) is 0 Å². The van der Waals surface area contributed by atoms with Gasteiger partial charge in [-0.15, -0.1) is 0 Å². The zero-order valence-corrected chi connectivity index (χ0v) is 10.4. The first kappa shape index (κ1) is 11.5. The van der Waals surface area contributed by atoms with Crippen LogP contribution in [0.25, 0.3) is 0 Å². The Balaban J connectivity index is 1.99. The largest absolute Gasteiger partial charge is 0.380 e. The van der Waals surface area contributed by atoms with E-state index in [-0.39, 0.29) is 0 Å². The maximum atomic E-state index is 5.54. The van der Waals surface area contributed by atoms with Crippen molar-refractivity contribution in [2.24, 2.45) is 0 Å². The average molecular weight is 219 g/mol. The molecule has 2 rings (SSSR count). The molecule has 1 saturated heterocycles. The summed E-state index contributed by atoms with van der Waals surface area (Å²) in [5.41, 5.74) is 2.59. The molecule has 2 unspecified atom stereocenters. The van der Waals surface area contributed by atoms with Gasteiger partial charge in [-0.05, 0) is 37.0 Å². The van der Waals surface area contributed by atoms with Crippen LogP contribution in [-0.4, -0.2) is 18.8 Å². The summed E-state index contributed by atoms with van der Waals surface area (Å²) in [6, 6.07) is 9.20. The molecule has 0 aromatic heterocycles. The Bertz CT molecular complexity index is 331. The minimum absolute atomic E-state index is 0.324. The first-order chi connectivity index (χ1) is 7.66. The highest BCUT2D eigenvalue weighted by Gasteiger charge is 2.23. The van der Waals surface area contributed by atoms with Crippen molar-refractivity contribution < 1.29 is 4.74 Å². The van der Waals surface area contributed by atoms with Crippen molar-refractivity contribution in [2.45, 2.75) is 45.3 Å². The molecule has 1 aromatic rings. The van der Waals surface area contributed by atoms with Crippen LogP contribution in [0.15, 0.2) is 24.3 Å². The minimum Gasteiger partial charge on any atom is -0.380 e. The molecular weight excluding hydrogens is 198 g/mol. The van der Waals surface area contributed by atoms with E-state index in [0.29, 0.717) is 18.1 Å². The maximum Gasteiger partial charge on any atom is 0.0748 e. The van der Waals surface area contributed by atoms with Crippen LogP contribution >= 0.6 is 0 Å². The summed E-state index contributed by atoms with van der Waals surface area (Å²) in [6.45, 7) is 7.45. The number of ether oxygens (including phenoxy) is 1. The van der Waals surface area contributed by atoms with Crippen LogP contribution in [-0.2, 0) is 4.74 Å². The molecule has 0 amide bonds. The van der Waals surface area contributed by atoms with E-state index >= 15 is 0 Å². The fourth-order valence-electron chi connectivity index (χ4n) is 2.10. The van der Waals surface area contributed by atoms with Gasteiger partial charge >= 0.3 is 0 Å². The lowest BCUT2D eigenvalue weighted by molar-refractivity contribution is 0.121. The molecule has 0 saturated carbocycles. The highest BCUT2D eigenvalue weighted by molar-refractivity contribution is 5.46. The number of hydrogen-bond acceptors (Lipinski definition) is 2. The highest BCUT2D eigenvalue weighted by Crippen LogP contribution is 2.21. The molecule has 88 valence electrons. The summed E-state index contributed by atoms with van der Waals surface area (Å²) < 4.78 is 5.54. The van der Waals surface area contributed by atoms with Crippen molar-refractivity contribution in [3.8, 4) is 0 Å². The third kappa shape index (κ3) is 2.56. The summed E-state index contributed by atoms with van der Waals surface area (Å²) in [4.78, 5) is 0. The van der Waals surface area contributed by atoms with Crippen molar-refractivity contribution in [1.82, 2.24) is 0 Å². The van der Waals surface area contributed by atoms with Crippen LogP contribution < -0.4 is 5.32 Å². The first-order valence-electron chi connectivity index (χ1n) is 6.15. The molecule has 0 bridgehead atoms. The minimum atomic E-state index is 0.324. The smallest absolute Gasteiger partial charge is 0.0748 e. The van der Waals surface area contributed by atoms with Gasteiger partial charge in [0.2, 0.25) is 0 Å². The Morgan fingerprint density at radius 3 is 2.44 bits per heavy atom. The predicted molar refractivity (Wildman–Crippen MR) is 68.0 cm³/mol. The number of rotatable bonds is 3. The van der Waals surface area contributed by atoms with Crippen molar-refractivity contribution in [3.05, 3.63) is 29.8 Å². The lowest BCUT2D eigenvalue weighted by Gasteiger charge is -2.17. The van der Waals surface area contributed by atoms with E-state index in [1.165, 1.54) is 11.3 Å². The van der Waals surface area contributed by atoms with Crippen LogP contribution in [0.3, 0.4) is 0 Å². The Morgan fingerprint density at radius 1 is 1.25 bits per heavy atom. The highest BCUT2D eigenvalue weighted by atomic mass is 16.5. The second-order valence-corrected chi connectivity index (χ2v) is 4.89. The van der Waals surface area contributed by atoms with E-state index in [1.54, 1.807) is 0 Å². The van der Waals surface area contributed by atoms with E-state index in [9.17, 15) is 0 Å². The molecule has 0 spiro atoms. The fourth-order valence-corrected chi connectivity index (χ4v) is 2.10. The van der Waals surface area contributed by atoms with Crippen LogP contribution in [0, 0.1) is 0 Å². The molecule has 1 aliphatic heterocycles. The number of benzene rings is 1. The second kappa shape index (κ2) is 4.88. The molecule has 1 heterocycles. The number of nitrogens with one attached hydrogen (secondary N) is 1. The van der Waals surface area contributed by atoms with Crippen LogP contribution in [0.2, 0.25) is 0 Å². The van der Waals surface area contributed by atoms with Gasteiger partial charge < -0.3 is 10.1 Å². The van der Waals surface area contributed by atoms with Crippen molar-refractivity contribution in [1.29, 1.82) is 0 Å². The third-order valence-electron chi connectivity index (χ3n) is 3.31. The lowest BCUT2D eigenvalue weighted by Crippen LogP contribution is -2.26. The molecule has 0 radical (unpaired) electrons. The summed E-state index contributed by atoms with van der Waals surface area (Å²) in [5.74, 6) is 0.600. The van der Waals surface area contributed by atoms with Gasteiger partial charge in [0.25, 0.3) is 0 Å². The molecular formula is C14H21NO. The van der Waals surface area contributed by atoms with Crippen LogP contribution in [0.5, 0.6) is 0 Å². The maximum absolute atomic E-state index is 5.54.